The summed E-state index contributed by atoms with van der Waals surface area (Å²) in [6.45, 7) is 0.847. The summed E-state index contributed by atoms with van der Waals surface area (Å²) >= 11 is 1.68. The summed E-state index contributed by atoms with van der Waals surface area (Å²) in [5.41, 5.74) is 3.33. The number of thioether (sulfide) groups is 1. The van der Waals surface area contributed by atoms with E-state index in [9.17, 15) is 4.79 Å². The molecule has 3 atom stereocenters. The third kappa shape index (κ3) is 3.72. The Labute approximate surface area is 148 Å². The van der Waals surface area contributed by atoms with Crippen LogP contribution in [-0.4, -0.2) is 42.3 Å². The van der Waals surface area contributed by atoms with Gasteiger partial charge in [0.1, 0.15) is 0 Å². The van der Waals surface area contributed by atoms with E-state index in [2.05, 4.69) is 34.9 Å². The number of aliphatic hydroxyl groups excluding tert-OH is 1. The maximum Gasteiger partial charge on any atom is 0.315 e. The van der Waals surface area contributed by atoms with Gasteiger partial charge in [-0.15, -0.1) is 0 Å². The van der Waals surface area contributed by atoms with Crippen molar-refractivity contribution in [3.63, 3.8) is 0 Å². The summed E-state index contributed by atoms with van der Waals surface area (Å²) < 4.78 is 0. The van der Waals surface area contributed by atoms with E-state index >= 15 is 0 Å². The molecule has 1 aromatic carbocycles. The molecule has 0 saturated heterocycles. The average molecular weight is 349 g/mol. The van der Waals surface area contributed by atoms with Crippen LogP contribution in [-0.2, 0) is 11.8 Å². The second kappa shape index (κ2) is 7.79. The first kappa shape index (κ1) is 17.6. The standard InChI is InChI=1S/C19H28N2O2S/c1-24-13-16(8-10-22)21-18(23)20-12-15-11-19(15)9-4-6-14-5-2-3-7-17(14)19/h2-3,5,7,15-16,22H,4,6,8-13H2,1H3,(H2,20,21,23). The number of amides is 2. The summed E-state index contributed by atoms with van der Waals surface area (Å²) in [4.78, 5) is 12.1. The molecule has 24 heavy (non-hydrogen) atoms. The fraction of sp³-hybridized carbons (Fsp3) is 0.632. The van der Waals surface area contributed by atoms with Gasteiger partial charge in [0.2, 0.25) is 0 Å². The molecule has 0 aromatic heterocycles. The lowest BCUT2D eigenvalue weighted by Gasteiger charge is -2.27. The predicted octanol–water partition coefficient (Wildman–Crippen LogP) is 2.69. The van der Waals surface area contributed by atoms with Gasteiger partial charge < -0.3 is 15.7 Å². The van der Waals surface area contributed by atoms with Gasteiger partial charge in [-0.25, -0.2) is 4.79 Å². The van der Waals surface area contributed by atoms with Crippen molar-refractivity contribution in [3.05, 3.63) is 35.4 Å². The third-order valence-corrected chi connectivity index (χ3v) is 6.28. The first-order chi connectivity index (χ1) is 11.7. The summed E-state index contributed by atoms with van der Waals surface area (Å²) in [5, 5.41) is 15.1. The van der Waals surface area contributed by atoms with E-state index in [1.807, 2.05) is 6.26 Å². The Balaban J connectivity index is 1.52. The molecular formula is C19H28N2O2S. The monoisotopic (exact) mass is 348 g/mol. The Hall–Kier alpha value is -1.20. The Kier molecular flexibility index (Phi) is 5.72. The number of carbonyl (C=O) groups is 1. The number of urea groups is 1. The van der Waals surface area contributed by atoms with Gasteiger partial charge >= 0.3 is 6.03 Å². The molecule has 3 N–H and O–H groups in total. The SMILES string of the molecule is CSCC(CCO)NC(=O)NCC1CC12CCCc1ccccc12. The molecule has 1 fully saturated rings. The van der Waals surface area contributed by atoms with Crippen LogP contribution in [0.2, 0.25) is 0 Å². The van der Waals surface area contributed by atoms with Crippen molar-refractivity contribution in [2.75, 3.05) is 25.2 Å². The fourth-order valence-corrected chi connectivity index (χ4v) is 4.90. The van der Waals surface area contributed by atoms with Crippen molar-refractivity contribution in [1.82, 2.24) is 10.6 Å². The van der Waals surface area contributed by atoms with Gasteiger partial charge in [-0.2, -0.15) is 11.8 Å². The smallest absolute Gasteiger partial charge is 0.315 e. The van der Waals surface area contributed by atoms with E-state index < -0.39 is 0 Å². The second-order valence-corrected chi connectivity index (χ2v) is 8.00. The zero-order chi connectivity index (χ0) is 17.0. The highest BCUT2D eigenvalue weighted by Gasteiger charge is 2.56. The number of fused-ring (bicyclic) bond motifs is 2. The molecule has 5 heteroatoms. The van der Waals surface area contributed by atoms with E-state index in [1.54, 1.807) is 11.8 Å². The topological polar surface area (TPSA) is 61.4 Å². The Morgan fingerprint density at radius 2 is 2.29 bits per heavy atom. The van der Waals surface area contributed by atoms with Gasteiger partial charge in [-0.3, -0.25) is 0 Å². The minimum absolute atomic E-state index is 0.0357. The van der Waals surface area contributed by atoms with E-state index in [1.165, 1.54) is 36.8 Å². The van der Waals surface area contributed by atoms with Crippen LogP contribution in [0.1, 0.15) is 36.8 Å². The molecule has 3 rings (SSSR count). The molecule has 2 amide bonds. The highest BCUT2D eigenvalue weighted by molar-refractivity contribution is 7.98. The lowest BCUT2D eigenvalue weighted by molar-refractivity contribution is 0.230. The van der Waals surface area contributed by atoms with Gasteiger partial charge in [-0.1, -0.05) is 24.3 Å². The maximum atomic E-state index is 12.1. The predicted molar refractivity (Wildman–Crippen MR) is 99.6 cm³/mol. The fourth-order valence-electron chi connectivity index (χ4n) is 4.24. The Morgan fingerprint density at radius 1 is 1.46 bits per heavy atom. The Bertz CT molecular complexity index is 574. The van der Waals surface area contributed by atoms with Crippen LogP contribution in [0.5, 0.6) is 0 Å². The molecule has 1 spiro atoms. The van der Waals surface area contributed by atoms with Crippen LogP contribution in [0, 0.1) is 5.92 Å². The number of hydrogen-bond acceptors (Lipinski definition) is 3. The molecule has 0 bridgehead atoms. The summed E-state index contributed by atoms with van der Waals surface area (Å²) in [7, 11) is 0. The van der Waals surface area contributed by atoms with E-state index in [-0.39, 0.29) is 18.7 Å². The molecule has 3 unspecified atom stereocenters. The van der Waals surface area contributed by atoms with E-state index in [0.29, 0.717) is 17.8 Å². The average Bonchev–Trinajstić information content (AvgIpc) is 3.27. The molecule has 1 aromatic rings. The number of aliphatic hydroxyl groups is 1. The highest BCUT2D eigenvalue weighted by atomic mass is 32.2. The molecule has 2 aliphatic carbocycles. The maximum absolute atomic E-state index is 12.1. The molecule has 4 nitrogen and oxygen atoms in total. The largest absolute Gasteiger partial charge is 0.396 e. The normalized spacial score (nSPS) is 25.8. The number of nitrogens with one attached hydrogen (secondary N) is 2. The van der Waals surface area contributed by atoms with Crippen LogP contribution in [0.4, 0.5) is 4.79 Å². The van der Waals surface area contributed by atoms with Crippen LogP contribution in [0.25, 0.3) is 0 Å². The van der Waals surface area contributed by atoms with Crippen LogP contribution in [0.3, 0.4) is 0 Å². The summed E-state index contributed by atoms with van der Waals surface area (Å²) in [5.74, 6) is 1.39. The molecule has 0 heterocycles. The zero-order valence-electron chi connectivity index (χ0n) is 14.4. The van der Waals surface area contributed by atoms with Crippen molar-refractivity contribution in [2.45, 2.75) is 43.6 Å². The summed E-state index contributed by atoms with van der Waals surface area (Å²) in [6.07, 6.45) is 7.50. The van der Waals surface area contributed by atoms with Crippen LogP contribution < -0.4 is 10.6 Å². The number of hydrogen-bond donors (Lipinski definition) is 3. The lowest BCUT2D eigenvalue weighted by Crippen LogP contribution is -2.44. The number of aryl methyl sites for hydroxylation is 1. The first-order valence-electron chi connectivity index (χ1n) is 8.92. The van der Waals surface area contributed by atoms with Crippen molar-refractivity contribution in [2.24, 2.45) is 5.92 Å². The van der Waals surface area contributed by atoms with E-state index in [4.69, 9.17) is 5.11 Å². The number of rotatable bonds is 7. The van der Waals surface area contributed by atoms with Gasteiger partial charge in [-0.05, 0) is 55.4 Å². The van der Waals surface area contributed by atoms with Crippen molar-refractivity contribution < 1.29 is 9.90 Å². The number of benzene rings is 1. The van der Waals surface area contributed by atoms with Crippen molar-refractivity contribution in [3.8, 4) is 0 Å². The first-order valence-corrected chi connectivity index (χ1v) is 10.3. The Morgan fingerprint density at radius 3 is 3.08 bits per heavy atom. The molecular weight excluding hydrogens is 320 g/mol. The van der Waals surface area contributed by atoms with Crippen LogP contribution >= 0.6 is 11.8 Å². The van der Waals surface area contributed by atoms with Crippen molar-refractivity contribution >= 4 is 17.8 Å². The van der Waals surface area contributed by atoms with Gasteiger partial charge in [0.05, 0.1) is 0 Å². The minimum atomic E-state index is -0.103. The van der Waals surface area contributed by atoms with Gasteiger partial charge in [0, 0.05) is 30.4 Å². The minimum Gasteiger partial charge on any atom is -0.396 e. The third-order valence-electron chi connectivity index (χ3n) is 5.54. The lowest BCUT2D eigenvalue weighted by atomic mass is 9.78. The van der Waals surface area contributed by atoms with Gasteiger partial charge in [0.25, 0.3) is 0 Å². The van der Waals surface area contributed by atoms with Crippen molar-refractivity contribution in [1.29, 1.82) is 0 Å². The zero-order valence-corrected chi connectivity index (χ0v) is 15.2. The molecule has 2 aliphatic rings. The molecule has 132 valence electrons. The molecule has 0 aliphatic heterocycles. The second-order valence-electron chi connectivity index (χ2n) is 7.09. The molecule has 1 saturated carbocycles. The van der Waals surface area contributed by atoms with Crippen LogP contribution in [0.15, 0.2) is 24.3 Å². The summed E-state index contributed by atoms with van der Waals surface area (Å²) in [6, 6.07) is 8.75. The highest BCUT2D eigenvalue weighted by Crippen LogP contribution is 2.59. The number of carbonyl (C=O) groups excluding carboxylic acids is 1. The van der Waals surface area contributed by atoms with E-state index in [0.717, 1.165) is 12.3 Å². The molecule has 0 radical (unpaired) electrons. The van der Waals surface area contributed by atoms with Gasteiger partial charge in [0.15, 0.2) is 0 Å². The quantitative estimate of drug-likeness (QED) is 0.710.